The highest BCUT2D eigenvalue weighted by atomic mass is 35.5. The quantitative estimate of drug-likeness (QED) is 0.369. The highest BCUT2D eigenvalue weighted by molar-refractivity contribution is 7.12. The Kier molecular flexibility index (Phi) is 8.00. The lowest BCUT2D eigenvalue weighted by atomic mass is 10.2. The van der Waals surface area contributed by atoms with Crippen LogP contribution in [0.15, 0.2) is 53.2 Å². The standard InChI is InChI=1S/C22H19ClN2O4S2/c1-14-17(23)6-2-7-18(14)25-20(26)12-24-21(27)13-29-22(28)16(19-8-4-10-31-19)11-15-5-3-9-30-15/h2-11H,12-13H2,1H3,(H,24,27)(H,25,26)/b16-11+. The molecule has 0 atom stereocenters. The summed E-state index contributed by atoms with van der Waals surface area (Å²) in [7, 11) is 0. The summed E-state index contributed by atoms with van der Waals surface area (Å²) < 4.78 is 5.17. The van der Waals surface area contributed by atoms with Gasteiger partial charge in [0, 0.05) is 20.5 Å². The third-order valence-corrected chi connectivity index (χ3v) is 6.29. The molecule has 6 nitrogen and oxygen atoms in total. The highest BCUT2D eigenvalue weighted by Gasteiger charge is 2.17. The summed E-state index contributed by atoms with van der Waals surface area (Å²) in [6.07, 6.45) is 1.73. The van der Waals surface area contributed by atoms with Gasteiger partial charge in [0.05, 0.1) is 12.1 Å². The number of benzene rings is 1. The van der Waals surface area contributed by atoms with Gasteiger partial charge < -0.3 is 15.4 Å². The molecule has 0 aliphatic rings. The number of amides is 2. The fourth-order valence-electron chi connectivity index (χ4n) is 2.55. The van der Waals surface area contributed by atoms with Crippen LogP contribution in [0.2, 0.25) is 5.02 Å². The molecular formula is C22H19ClN2O4S2. The SMILES string of the molecule is Cc1c(Cl)cccc1NC(=O)CNC(=O)COC(=O)/C(=C/c1cccs1)c1cccs1. The van der Waals surface area contributed by atoms with Crippen LogP contribution in [0.3, 0.4) is 0 Å². The predicted molar refractivity (Wildman–Crippen MR) is 125 cm³/mol. The minimum Gasteiger partial charge on any atom is -0.452 e. The van der Waals surface area contributed by atoms with Crippen molar-refractivity contribution in [2.75, 3.05) is 18.5 Å². The van der Waals surface area contributed by atoms with E-state index in [1.165, 1.54) is 22.7 Å². The Morgan fingerprint density at radius 2 is 1.81 bits per heavy atom. The number of carbonyl (C=O) groups excluding carboxylic acids is 3. The Labute approximate surface area is 192 Å². The van der Waals surface area contributed by atoms with E-state index in [1.807, 2.05) is 35.0 Å². The van der Waals surface area contributed by atoms with E-state index in [0.29, 0.717) is 16.3 Å². The molecule has 31 heavy (non-hydrogen) atoms. The highest BCUT2D eigenvalue weighted by Crippen LogP contribution is 2.26. The third kappa shape index (κ3) is 6.52. The second-order valence-corrected chi connectivity index (χ2v) is 8.70. The van der Waals surface area contributed by atoms with Crippen molar-refractivity contribution >= 4 is 69.4 Å². The summed E-state index contributed by atoms with van der Waals surface area (Å²) in [5, 5.41) is 9.42. The first kappa shape index (κ1) is 22.7. The maximum atomic E-state index is 12.6. The summed E-state index contributed by atoms with van der Waals surface area (Å²) in [6, 6.07) is 12.6. The molecule has 160 valence electrons. The summed E-state index contributed by atoms with van der Waals surface area (Å²) in [5.74, 6) is -1.60. The van der Waals surface area contributed by atoms with Crippen molar-refractivity contribution < 1.29 is 19.1 Å². The maximum Gasteiger partial charge on any atom is 0.340 e. The number of carbonyl (C=O) groups is 3. The van der Waals surface area contributed by atoms with Crippen LogP contribution < -0.4 is 10.6 Å². The van der Waals surface area contributed by atoms with Crippen LogP contribution in [0.1, 0.15) is 15.3 Å². The number of anilines is 1. The maximum absolute atomic E-state index is 12.6. The van der Waals surface area contributed by atoms with E-state index in [4.69, 9.17) is 16.3 Å². The van der Waals surface area contributed by atoms with E-state index in [0.717, 1.165) is 15.3 Å². The molecule has 2 heterocycles. The van der Waals surface area contributed by atoms with Gasteiger partial charge in [0.1, 0.15) is 0 Å². The van der Waals surface area contributed by atoms with E-state index in [2.05, 4.69) is 10.6 Å². The molecule has 0 unspecified atom stereocenters. The number of hydrogen-bond donors (Lipinski definition) is 2. The Bertz CT molecular complexity index is 1090. The molecule has 0 spiro atoms. The Morgan fingerprint density at radius 3 is 2.52 bits per heavy atom. The van der Waals surface area contributed by atoms with Gasteiger partial charge in [0.2, 0.25) is 5.91 Å². The number of esters is 1. The van der Waals surface area contributed by atoms with Crippen molar-refractivity contribution in [3.05, 3.63) is 73.6 Å². The van der Waals surface area contributed by atoms with Crippen LogP contribution in [-0.2, 0) is 19.1 Å². The van der Waals surface area contributed by atoms with Gasteiger partial charge in [-0.1, -0.05) is 29.8 Å². The van der Waals surface area contributed by atoms with Crippen molar-refractivity contribution in [3.8, 4) is 0 Å². The number of halogens is 1. The van der Waals surface area contributed by atoms with Crippen LogP contribution in [0.4, 0.5) is 5.69 Å². The van der Waals surface area contributed by atoms with Crippen molar-refractivity contribution in [3.63, 3.8) is 0 Å². The Morgan fingerprint density at radius 1 is 1.03 bits per heavy atom. The van der Waals surface area contributed by atoms with Gasteiger partial charge in [-0.05, 0) is 53.6 Å². The normalized spacial score (nSPS) is 11.1. The summed E-state index contributed by atoms with van der Waals surface area (Å²) >= 11 is 8.93. The lowest BCUT2D eigenvalue weighted by molar-refractivity contribution is -0.143. The van der Waals surface area contributed by atoms with E-state index >= 15 is 0 Å². The molecule has 3 rings (SSSR count). The minimum atomic E-state index is -0.606. The van der Waals surface area contributed by atoms with Crippen LogP contribution in [0.5, 0.6) is 0 Å². The smallest absolute Gasteiger partial charge is 0.340 e. The van der Waals surface area contributed by atoms with Crippen molar-refractivity contribution in [2.45, 2.75) is 6.92 Å². The lowest BCUT2D eigenvalue weighted by Gasteiger charge is -2.11. The van der Waals surface area contributed by atoms with E-state index in [-0.39, 0.29) is 6.54 Å². The summed E-state index contributed by atoms with van der Waals surface area (Å²) in [5.41, 5.74) is 1.67. The largest absolute Gasteiger partial charge is 0.452 e. The fourth-order valence-corrected chi connectivity index (χ4v) is 4.12. The molecule has 1 aromatic carbocycles. The number of nitrogens with one attached hydrogen (secondary N) is 2. The number of thiophene rings is 2. The van der Waals surface area contributed by atoms with E-state index in [9.17, 15) is 14.4 Å². The number of rotatable bonds is 8. The Balaban J connectivity index is 1.52. The molecule has 9 heteroatoms. The topological polar surface area (TPSA) is 84.5 Å². The van der Waals surface area contributed by atoms with Crippen LogP contribution >= 0.6 is 34.3 Å². The van der Waals surface area contributed by atoms with Crippen molar-refractivity contribution in [2.24, 2.45) is 0 Å². The zero-order valence-corrected chi connectivity index (χ0v) is 18.9. The van der Waals surface area contributed by atoms with E-state index < -0.39 is 24.4 Å². The van der Waals surface area contributed by atoms with Gasteiger partial charge in [0.25, 0.3) is 5.91 Å². The zero-order chi connectivity index (χ0) is 22.2. The van der Waals surface area contributed by atoms with Gasteiger partial charge in [-0.3, -0.25) is 9.59 Å². The van der Waals surface area contributed by atoms with E-state index in [1.54, 1.807) is 31.2 Å². The molecular weight excluding hydrogens is 456 g/mol. The first-order valence-corrected chi connectivity index (χ1v) is 11.4. The van der Waals surface area contributed by atoms with Crippen molar-refractivity contribution in [1.29, 1.82) is 0 Å². The molecule has 0 fully saturated rings. The second kappa shape index (κ2) is 10.9. The fraction of sp³-hybridized carbons (Fsp3) is 0.136. The first-order valence-electron chi connectivity index (χ1n) is 9.22. The molecule has 0 saturated carbocycles. The molecule has 2 amide bonds. The average Bonchev–Trinajstić information content (AvgIpc) is 3.46. The second-order valence-electron chi connectivity index (χ2n) is 6.36. The molecule has 2 aromatic heterocycles. The molecule has 2 N–H and O–H groups in total. The number of hydrogen-bond acceptors (Lipinski definition) is 6. The molecule has 0 bridgehead atoms. The molecule has 3 aromatic rings. The van der Waals surface area contributed by atoms with Crippen LogP contribution in [0.25, 0.3) is 11.6 Å². The van der Waals surface area contributed by atoms with Crippen LogP contribution in [-0.4, -0.2) is 30.9 Å². The summed E-state index contributed by atoms with van der Waals surface area (Å²) in [4.78, 5) is 38.3. The van der Waals surface area contributed by atoms with Crippen molar-refractivity contribution in [1.82, 2.24) is 5.32 Å². The summed E-state index contributed by atoms with van der Waals surface area (Å²) in [6.45, 7) is 1.03. The average molecular weight is 475 g/mol. The lowest BCUT2D eigenvalue weighted by Crippen LogP contribution is -2.35. The van der Waals surface area contributed by atoms with Gasteiger partial charge >= 0.3 is 5.97 Å². The van der Waals surface area contributed by atoms with Gasteiger partial charge in [-0.2, -0.15) is 0 Å². The molecule has 0 aliphatic carbocycles. The first-order chi connectivity index (χ1) is 14.9. The third-order valence-electron chi connectivity index (χ3n) is 4.16. The van der Waals surface area contributed by atoms with Gasteiger partial charge in [0.15, 0.2) is 6.61 Å². The molecule has 0 aliphatic heterocycles. The molecule has 0 radical (unpaired) electrons. The van der Waals surface area contributed by atoms with Crippen LogP contribution in [0, 0.1) is 6.92 Å². The predicted octanol–water partition coefficient (Wildman–Crippen LogP) is 4.61. The minimum absolute atomic E-state index is 0.259. The Hall–Kier alpha value is -2.94. The molecule has 0 saturated heterocycles. The van der Waals surface area contributed by atoms with Gasteiger partial charge in [-0.25, -0.2) is 4.79 Å². The van der Waals surface area contributed by atoms with Gasteiger partial charge in [-0.15, -0.1) is 22.7 Å². The number of ether oxygens (including phenoxy) is 1. The monoisotopic (exact) mass is 474 g/mol. The zero-order valence-electron chi connectivity index (χ0n) is 16.5.